The summed E-state index contributed by atoms with van der Waals surface area (Å²) in [6.07, 6.45) is 1.45. The molecule has 0 unspecified atom stereocenters. The number of carbonyl (C=O) groups excluding carboxylic acids is 1. The zero-order valence-corrected chi connectivity index (χ0v) is 11.9. The van der Waals surface area contributed by atoms with Crippen molar-refractivity contribution in [3.05, 3.63) is 35.0 Å². The van der Waals surface area contributed by atoms with Crippen molar-refractivity contribution in [1.29, 1.82) is 0 Å². The highest BCUT2D eigenvalue weighted by Gasteiger charge is 2.18. The molecule has 100 valence electrons. The van der Waals surface area contributed by atoms with Crippen LogP contribution in [0.15, 0.2) is 23.7 Å². The van der Waals surface area contributed by atoms with Gasteiger partial charge in [-0.15, -0.1) is 11.3 Å². The first kappa shape index (κ1) is 13.5. The number of aromatic nitrogens is 2. The van der Waals surface area contributed by atoms with Crippen LogP contribution in [0.4, 0.5) is 10.9 Å². The van der Waals surface area contributed by atoms with Crippen molar-refractivity contribution in [1.82, 2.24) is 9.97 Å². The molecule has 2 heterocycles. The summed E-state index contributed by atoms with van der Waals surface area (Å²) in [6, 6.07) is 3.23. The number of nitrogen functional groups attached to an aromatic ring is 1. The van der Waals surface area contributed by atoms with E-state index in [-0.39, 0.29) is 11.3 Å². The zero-order chi connectivity index (χ0) is 14.0. The van der Waals surface area contributed by atoms with Gasteiger partial charge >= 0.3 is 0 Å². The Kier molecular flexibility index (Phi) is 3.53. The van der Waals surface area contributed by atoms with Gasteiger partial charge in [0.1, 0.15) is 5.82 Å². The van der Waals surface area contributed by atoms with E-state index in [0.717, 1.165) is 5.69 Å². The number of rotatable bonds is 2. The molecule has 1 amide bonds. The number of nitrogens with one attached hydrogen (secondary N) is 1. The second-order valence-electron chi connectivity index (χ2n) is 5.21. The molecule has 0 aromatic carbocycles. The Morgan fingerprint density at radius 2 is 2.11 bits per heavy atom. The molecule has 2 rings (SSSR count). The minimum Gasteiger partial charge on any atom is -0.384 e. The maximum absolute atomic E-state index is 12.0. The number of nitrogens with two attached hydrogens (primary N) is 1. The fourth-order valence-electron chi connectivity index (χ4n) is 1.38. The Bertz CT molecular complexity index is 583. The van der Waals surface area contributed by atoms with Gasteiger partial charge in [0.15, 0.2) is 5.13 Å². The molecule has 0 aliphatic heterocycles. The van der Waals surface area contributed by atoms with E-state index in [2.05, 4.69) is 36.1 Å². The molecule has 19 heavy (non-hydrogen) atoms. The number of hydrogen-bond acceptors (Lipinski definition) is 5. The second-order valence-corrected chi connectivity index (χ2v) is 6.07. The van der Waals surface area contributed by atoms with E-state index < -0.39 is 0 Å². The average molecular weight is 276 g/mol. The third kappa shape index (κ3) is 3.29. The average Bonchev–Trinajstić information content (AvgIpc) is 2.78. The fourth-order valence-corrected chi connectivity index (χ4v) is 2.32. The lowest BCUT2D eigenvalue weighted by atomic mass is 9.93. The van der Waals surface area contributed by atoms with Gasteiger partial charge in [-0.3, -0.25) is 10.1 Å². The number of anilines is 2. The monoisotopic (exact) mass is 276 g/mol. The maximum atomic E-state index is 12.0. The molecule has 0 fully saturated rings. The fraction of sp³-hybridized carbons (Fsp3) is 0.308. The highest BCUT2D eigenvalue weighted by molar-refractivity contribution is 7.14. The van der Waals surface area contributed by atoms with E-state index in [1.54, 1.807) is 12.1 Å². The Morgan fingerprint density at radius 3 is 2.63 bits per heavy atom. The number of thiazole rings is 1. The van der Waals surface area contributed by atoms with Crippen LogP contribution in [0.25, 0.3) is 0 Å². The van der Waals surface area contributed by atoms with Crippen LogP contribution < -0.4 is 11.1 Å². The first-order valence-corrected chi connectivity index (χ1v) is 6.73. The van der Waals surface area contributed by atoms with Gasteiger partial charge < -0.3 is 5.73 Å². The van der Waals surface area contributed by atoms with E-state index in [9.17, 15) is 4.79 Å². The summed E-state index contributed by atoms with van der Waals surface area (Å²) in [5.74, 6) is 0.156. The van der Waals surface area contributed by atoms with Crippen LogP contribution in [0.3, 0.4) is 0 Å². The highest BCUT2D eigenvalue weighted by Crippen LogP contribution is 2.26. The summed E-state index contributed by atoms with van der Waals surface area (Å²) in [5.41, 5.74) is 6.87. The molecule has 0 radical (unpaired) electrons. The smallest absolute Gasteiger partial charge is 0.259 e. The summed E-state index contributed by atoms with van der Waals surface area (Å²) in [4.78, 5) is 20.3. The Labute approximate surface area is 115 Å². The molecule has 2 aromatic heterocycles. The number of nitrogens with zero attached hydrogens (tertiary/aromatic N) is 2. The predicted molar refractivity (Wildman–Crippen MR) is 77.4 cm³/mol. The Hall–Kier alpha value is -1.95. The van der Waals surface area contributed by atoms with Crippen LogP contribution in [-0.2, 0) is 5.41 Å². The number of pyridine rings is 1. The van der Waals surface area contributed by atoms with Crippen LogP contribution in [0.2, 0.25) is 0 Å². The van der Waals surface area contributed by atoms with Crippen molar-refractivity contribution in [3.63, 3.8) is 0 Å². The predicted octanol–water partition coefficient (Wildman–Crippen LogP) is 2.67. The van der Waals surface area contributed by atoms with Gasteiger partial charge in [-0.1, -0.05) is 20.8 Å². The summed E-state index contributed by atoms with van der Waals surface area (Å²) in [5, 5.41) is 5.30. The molecule has 2 aromatic rings. The first-order valence-electron chi connectivity index (χ1n) is 5.85. The first-order chi connectivity index (χ1) is 8.86. The summed E-state index contributed by atoms with van der Waals surface area (Å²) in [6.45, 7) is 6.24. The second kappa shape index (κ2) is 4.97. The number of carbonyl (C=O) groups is 1. The molecule has 5 nitrogen and oxygen atoms in total. The molecular weight excluding hydrogens is 260 g/mol. The quantitative estimate of drug-likeness (QED) is 0.883. The van der Waals surface area contributed by atoms with Gasteiger partial charge in [-0.2, -0.15) is 0 Å². The zero-order valence-electron chi connectivity index (χ0n) is 11.1. The minimum absolute atomic E-state index is 0.0256. The Morgan fingerprint density at radius 1 is 1.37 bits per heavy atom. The topological polar surface area (TPSA) is 80.9 Å². The van der Waals surface area contributed by atoms with Crippen LogP contribution in [-0.4, -0.2) is 15.9 Å². The van der Waals surface area contributed by atoms with Crippen molar-refractivity contribution in [2.45, 2.75) is 26.2 Å². The van der Waals surface area contributed by atoms with Gasteiger partial charge in [0.25, 0.3) is 5.91 Å². The summed E-state index contributed by atoms with van der Waals surface area (Å²) in [7, 11) is 0. The van der Waals surface area contributed by atoms with E-state index in [0.29, 0.717) is 16.5 Å². The third-order valence-electron chi connectivity index (χ3n) is 2.54. The third-order valence-corrected chi connectivity index (χ3v) is 3.30. The molecule has 0 saturated heterocycles. The molecular formula is C13H16N4OS. The normalized spacial score (nSPS) is 11.3. The molecule has 0 bridgehead atoms. The highest BCUT2D eigenvalue weighted by atomic mass is 32.1. The van der Waals surface area contributed by atoms with E-state index in [1.165, 1.54) is 17.5 Å². The Balaban J connectivity index is 2.11. The summed E-state index contributed by atoms with van der Waals surface area (Å²) >= 11 is 1.41. The SMILES string of the molecule is CC(C)(C)c1csc(NC(=O)c2ccc(N)nc2)n1. The lowest BCUT2D eigenvalue weighted by Gasteiger charge is -2.14. The summed E-state index contributed by atoms with van der Waals surface area (Å²) < 4.78 is 0. The van der Waals surface area contributed by atoms with Crippen LogP contribution in [0.5, 0.6) is 0 Å². The molecule has 0 aliphatic rings. The molecule has 0 spiro atoms. The maximum Gasteiger partial charge on any atom is 0.259 e. The van der Waals surface area contributed by atoms with Crippen LogP contribution >= 0.6 is 11.3 Å². The molecule has 0 atom stereocenters. The lowest BCUT2D eigenvalue weighted by Crippen LogP contribution is -2.14. The van der Waals surface area contributed by atoms with Crippen molar-refractivity contribution in [2.75, 3.05) is 11.1 Å². The largest absolute Gasteiger partial charge is 0.384 e. The number of amides is 1. The van der Waals surface area contributed by atoms with Crippen molar-refractivity contribution >= 4 is 28.2 Å². The van der Waals surface area contributed by atoms with E-state index in [4.69, 9.17) is 5.73 Å². The van der Waals surface area contributed by atoms with Gasteiger partial charge in [0.05, 0.1) is 11.3 Å². The standard InChI is InChI=1S/C13H16N4OS/c1-13(2,3)9-7-19-12(16-9)17-11(18)8-4-5-10(14)15-6-8/h4-7H,1-3H3,(H2,14,15)(H,16,17,18). The van der Waals surface area contributed by atoms with Gasteiger partial charge in [-0.05, 0) is 12.1 Å². The molecule has 0 aliphatic carbocycles. The van der Waals surface area contributed by atoms with Crippen LogP contribution in [0.1, 0.15) is 36.8 Å². The van der Waals surface area contributed by atoms with Crippen molar-refractivity contribution < 1.29 is 4.79 Å². The van der Waals surface area contributed by atoms with E-state index >= 15 is 0 Å². The molecule has 3 N–H and O–H groups in total. The molecule has 6 heteroatoms. The van der Waals surface area contributed by atoms with Crippen molar-refractivity contribution in [3.8, 4) is 0 Å². The number of hydrogen-bond donors (Lipinski definition) is 2. The van der Waals surface area contributed by atoms with Gasteiger partial charge in [0, 0.05) is 17.0 Å². The molecule has 0 saturated carbocycles. The van der Waals surface area contributed by atoms with Crippen LogP contribution in [0, 0.1) is 0 Å². The van der Waals surface area contributed by atoms with Crippen molar-refractivity contribution in [2.24, 2.45) is 0 Å². The van der Waals surface area contributed by atoms with E-state index in [1.807, 2.05) is 5.38 Å². The minimum atomic E-state index is -0.234. The van der Waals surface area contributed by atoms with Gasteiger partial charge in [-0.25, -0.2) is 9.97 Å². The van der Waals surface area contributed by atoms with Gasteiger partial charge in [0.2, 0.25) is 0 Å². The lowest BCUT2D eigenvalue weighted by molar-refractivity contribution is 0.102.